The fourth-order valence-corrected chi connectivity index (χ4v) is 1.24. The summed E-state index contributed by atoms with van der Waals surface area (Å²) >= 11 is 0. The van der Waals surface area contributed by atoms with Gasteiger partial charge >= 0.3 is 0 Å². The summed E-state index contributed by atoms with van der Waals surface area (Å²) in [5.74, 6) is 0.325. The van der Waals surface area contributed by atoms with Gasteiger partial charge in [-0.2, -0.15) is 4.80 Å². The van der Waals surface area contributed by atoms with Gasteiger partial charge in [0, 0.05) is 11.6 Å². The van der Waals surface area contributed by atoms with E-state index >= 15 is 0 Å². The number of nitrogens with zero attached hydrogens (tertiary/aromatic N) is 5. The topological polar surface area (TPSA) is 113 Å². The third kappa shape index (κ3) is 2.78. The van der Waals surface area contributed by atoms with Crippen molar-refractivity contribution >= 4 is 11.4 Å². The number of nitro benzene ring substituents is 1. The average Bonchev–Trinajstić information content (AvgIpc) is 2.79. The monoisotopic (exact) mass is 250 g/mol. The molecule has 1 aromatic heterocycles. The second-order valence-electron chi connectivity index (χ2n) is 3.13. The van der Waals surface area contributed by atoms with E-state index in [2.05, 4.69) is 15.4 Å². The maximum atomic E-state index is 10.7. The molecule has 0 unspecified atom stereocenters. The number of aryl methyl sites for hydroxylation is 1. The molecule has 0 bridgehead atoms. The van der Waals surface area contributed by atoms with E-state index in [-0.39, 0.29) is 11.4 Å². The number of nitrogens with two attached hydrogens (primary N) is 1. The minimum absolute atomic E-state index is 0.109. The van der Waals surface area contributed by atoms with Crippen molar-refractivity contribution < 1.29 is 4.92 Å². The number of nitrogen functional groups attached to an aromatic ring is 1. The lowest BCUT2D eigenvalue weighted by Crippen LogP contribution is -1.96. The molecule has 0 saturated carbocycles. The summed E-state index contributed by atoms with van der Waals surface area (Å²) in [7, 11) is 1.61. The number of hydrogen-bond donors (Lipinski definition) is 1. The Balaban J connectivity index is 0.000000771. The molecule has 8 nitrogen and oxygen atoms in total. The van der Waals surface area contributed by atoms with Crippen LogP contribution in [0.1, 0.15) is 13.8 Å². The fourth-order valence-electron chi connectivity index (χ4n) is 1.24. The first-order valence-electron chi connectivity index (χ1n) is 5.36. The number of anilines is 1. The van der Waals surface area contributed by atoms with Crippen LogP contribution in [0, 0.1) is 10.1 Å². The van der Waals surface area contributed by atoms with Crippen LogP contribution in [-0.4, -0.2) is 25.1 Å². The lowest BCUT2D eigenvalue weighted by Gasteiger charge is -1.98. The number of aromatic nitrogens is 4. The van der Waals surface area contributed by atoms with Crippen molar-refractivity contribution in [3.8, 4) is 11.4 Å². The zero-order valence-corrected chi connectivity index (χ0v) is 10.4. The quantitative estimate of drug-likeness (QED) is 0.489. The molecule has 8 heteroatoms. The van der Waals surface area contributed by atoms with Crippen molar-refractivity contribution in [3.63, 3.8) is 0 Å². The second kappa shape index (κ2) is 5.71. The van der Waals surface area contributed by atoms with Gasteiger partial charge in [-0.1, -0.05) is 13.8 Å². The molecule has 0 saturated heterocycles. The molecular weight excluding hydrogens is 236 g/mol. The Morgan fingerprint density at radius 3 is 2.56 bits per heavy atom. The van der Waals surface area contributed by atoms with Gasteiger partial charge in [-0.05, 0) is 17.3 Å². The molecule has 0 aliphatic carbocycles. The van der Waals surface area contributed by atoms with Crippen LogP contribution in [-0.2, 0) is 7.05 Å². The van der Waals surface area contributed by atoms with Crippen LogP contribution in [0.2, 0.25) is 0 Å². The van der Waals surface area contributed by atoms with Crippen LogP contribution in [0.3, 0.4) is 0 Å². The largest absolute Gasteiger partial charge is 0.393 e. The van der Waals surface area contributed by atoms with Crippen molar-refractivity contribution in [3.05, 3.63) is 28.3 Å². The Labute approximate surface area is 104 Å². The Kier molecular flexibility index (Phi) is 4.30. The van der Waals surface area contributed by atoms with Gasteiger partial charge in [0.2, 0.25) is 5.82 Å². The van der Waals surface area contributed by atoms with E-state index in [9.17, 15) is 10.1 Å². The molecule has 0 spiro atoms. The standard InChI is InChI=1S/C8H8N6O2.C2H6/c1-13-11-8(10-12-13)5-2-3-6(9)7(4-5)14(15)16;1-2/h2-4H,9H2,1H3;1-2H3. The van der Waals surface area contributed by atoms with E-state index in [4.69, 9.17) is 5.73 Å². The number of nitro groups is 1. The molecule has 0 aliphatic rings. The molecule has 96 valence electrons. The van der Waals surface area contributed by atoms with Gasteiger partial charge < -0.3 is 5.73 Å². The maximum Gasteiger partial charge on any atom is 0.292 e. The van der Waals surface area contributed by atoms with Crippen LogP contribution >= 0.6 is 0 Å². The average molecular weight is 250 g/mol. The highest BCUT2D eigenvalue weighted by molar-refractivity contribution is 5.68. The van der Waals surface area contributed by atoms with E-state index in [0.717, 1.165) is 0 Å². The summed E-state index contributed by atoms with van der Waals surface area (Å²) in [4.78, 5) is 11.4. The number of rotatable bonds is 2. The first kappa shape index (κ1) is 13.6. The predicted molar refractivity (Wildman–Crippen MR) is 66.6 cm³/mol. The van der Waals surface area contributed by atoms with E-state index in [1.165, 1.54) is 16.9 Å². The SMILES string of the molecule is CC.Cn1nnc(-c2ccc(N)c([N+](=O)[O-])c2)n1. The summed E-state index contributed by atoms with van der Waals surface area (Å²) in [5.41, 5.74) is 5.93. The maximum absolute atomic E-state index is 10.7. The molecule has 2 aromatic rings. The van der Waals surface area contributed by atoms with Crippen molar-refractivity contribution in [2.75, 3.05) is 5.73 Å². The van der Waals surface area contributed by atoms with Gasteiger partial charge in [0.05, 0.1) is 12.0 Å². The predicted octanol–water partition coefficient (Wildman–Crippen LogP) is 1.39. The Morgan fingerprint density at radius 1 is 1.39 bits per heavy atom. The lowest BCUT2D eigenvalue weighted by atomic mass is 10.1. The van der Waals surface area contributed by atoms with E-state index in [0.29, 0.717) is 11.4 Å². The lowest BCUT2D eigenvalue weighted by molar-refractivity contribution is -0.383. The van der Waals surface area contributed by atoms with Crippen LogP contribution in [0.4, 0.5) is 11.4 Å². The minimum Gasteiger partial charge on any atom is -0.393 e. The van der Waals surface area contributed by atoms with Crippen molar-refractivity contribution in [2.45, 2.75) is 13.8 Å². The molecule has 0 amide bonds. The summed E-state index contributed by atoms with van der Waals surface area (Å²) in [6.07, 6.45) is 0. The molecule has 18 heavy (non-hydrogen) atoms. The highest BCUT2D eigenvalue weighted by atomic mass is 16.6. The molecule has 0 atom stereocenters. The second-order valence-corrected chi connectivity index (χ2v) is 3.13. The molecule has 2 N–H and O–H groups in total. The van der Waals surface area contributed by atoms with Gasteiger partial charge in [-0.3, -0.25) is 10.1 Å². The zero-order chi connectivity index (χ0) is 13.7. The summed E-state index contributed by atoms with van der Waals surface area (Å²) in [5, 5.41) is 22.0. The van der Waals surface area contributed by atoms with Crippen molar-refractivity contribution in [1.82, 2.24) is 20.2 Å². The van der Waals surface area contributed by atoms with E-state index < -0.39 is 4.92 Å². The van der Waals surface area contributed by atoms with Crippen LogP contribution in [0.5, 0.6) is 0 Å². The van der Waals surface area contributed by atoms with Crippen molar-refractivity contribution in [1.29, 1.82) is 0 Å². The normalized spacial score (nSPS) is 9.50. The van der Waals surface area contributed by atoms with Crippen LogP contribution in [0.15, 0.2) is 18.2 Å². The highest BCUT2D eigenvalue weighted by Gasteiger charge is 2.14. The molecular formula is C10H14N6O2. The third-order valence-corrected chi connectivity index (χ3v) is 1.99. The van der Waals surface area contributed by atoms with Gasteiger partial charge in [-0.25, -0.2) is 0 Å². The molecule has 2 rings (SSSR count). The van der Waals surface area contributed by atoms with Crippen LogP contribution in [0.25, 0.3) is 11.4 Å². The van der Waals surface area contributed by atoms with Crippen LogP contribution < -0.4 is 5.73 Å². The van der Waals surface area contributed by atoms with Gasteiger partial charge in [0.25, 0.3) is 5.69 Å². The Hall–Kier alpha value is -2.51. The molecule has 1 aromatic carbocycles. The molecule has 1 heterocycles. The fraction of sp³-hybridized carbons (Fsp3) is 0.300. The molecule has 0 fully saturated rings. The van der Waals surface area contributed by atoms with Crippen molar-refractivity contribution in [2.24, 2.45) is 7.05 Å². The number of hydrogen-bond acceptors (Lipinski definition) is 6. The summed E-state index contributed by atoms with van der Waals surface area (Å²) < 4.78 is 0. The molecule has 0 aliphatic heterocycles. The Bertz CT molecular complexity index is 551. The first-order valence-corrected chi connectivity index (χ1v) is 5.36. The highest BCUT2D eigenvalue weighted by Crippen LogP contribution is 2.26. The van der Waals surface area contributed by atoms with E-state index in [1.54, 1.807) is 13.1 Å². The number of tetrazole rings is 1. The van der Waals surface area contributed by atoms with E-state index in [1.807, 2.05) is 13.8 Å². The summed E-state index contributed by atoms with van der Waals surface area (Å²) in [6.45, 7) is 4.00. The molecule has 0 radical (unpaired) electrons. The van der Waals surface area contributed by atoms with Gasteiger partial charge in [-0.15, -0.1) is 10.2 Å². The smallest absolute Gasteiger partial charge is 0.292 e. The third-order valence-electron chi connectivity index (χ3n) is 1.99. The number of benzene rings is 1. The Morgan fingerprint density at radius 2 is 2.06 bits per heavy atom. The summed E-state index contributed by atoms with van der Waals surface area (Å²) in [6, 6.07) is 4.38. The zero-order valence-electron chi connectivity index (χ0n) is 10.4. The first-order chi connectivity index (χ1) is 8.58. The van der Waals surface area contributed by atoms with Gasteiger partial charge in [0.1, 0.15) is 5.69 Å². The van der Waals surface area contributed by atoms with Gasteiger partial charge in [0.15, 0.2) is 0 Å². The minimum atomic E-state index is -0.546.